The van der Waals surface area contributed by atoms with Crippen molar-refractivity contribution in [2.45, 2.75) is 33.3 Å². The minimum absolute atomic E-state index is 0.105. The summed E-state index contributed by atoms with van der Waals surface area (Å²) >= 11 is 0. The minimum atomic E-state index is -1.17. The molecule has 0 fully saturated rings. The molecule has 2 heterocycles. The van der Waals surface area contributed by atoms with Gasteiger partial charge in [-0.15, -0.1) is 0 Å². The fraction of sp³-hybridized carbons (Fsp3) is 0.188. The summed E-state index contributed by atoms with van der Waals surface area (Å²) < 4.78 is 12.7. The fourth-order valence-corrected chi connectivity index (χ4v) is 5.62. The molecular weight excluding hydrogens is 462 g/mol. The van der Waals surface area contributed by atoms with E-state index >= 15 is 0 Å². The Morgan fingerprint density at radius 3 is 2.24 bits per heavy atom. The topological polar surface area (TPSA) is 55.8 Å². The Kier molecular flexibility index (Phi) is 5.02. The molecule has 2 aliphatic rings. The molecule has 1 amide bonds. The summed E-state index contributed by atoms with van der Waals surface area (Å²) in [5.41, 5.74) is 6.92. The molecule has 5 nitrogen and oxygen atoms in total. The van der Waals surface area contributed by atoms with Crippen molar-refractivity contribution in [1.29, 1.82) is 0 Å². The second-order valence-electron chi connectivity index (χ2n) is 10.0. The van der Waals surface area contributed by atoms with Gasteiger partial charge in [-0.05, 0) is 74.7 Å². The van der Waals surface area contributed by atoms with Crippen molar-refractivity contribution in [3.63, 3.8) is 0 Å². The third-order valence-electron chi connectivity index (χ3n) is 7.46. The van der Waals surface area contributed by atoms with E-state index in [1.165, 1.54) is 0 Å². The van der Waals surface area contributed by atoms with E-state index in [1.54, 1.807) is 18.0 Å². The van der Waals surface area contributed by atoms with Crippen molar-refractivity contribution in [3.8, 4) is 11.5 Å². The van der Waals surface area contributed by atoms with Crippen molar-refractivity contribution in [2.75, 3.05) is 11.9 Å². The van der Waals surface area contributed by atoms with E-state index in [0.717, 1.165) is 39.1 Å². The molecule has 2 aliphatic heterocycles. The highest BCUT2D eigenvalue weighted by molar-refractivity contribution is 6.07. The van der Waals surface area contributed by atoms with Gasteiger partial charge in [-0.2, -0.15) is 0 Å². The highest BCUT2D eigenvalue weighted by Gasteiger charge is 2.53. The van der Waals surface area contributed by atoms with Crippen molar-refractivity contribution in [1.82, 2.24) is 0 Å². The predicted molar refractivity (Wildman–Crippen MR) is 143 cm³/mol. The van der Waals surface area contributed by atoms with Crippen LogP contribution in [0.3, 0.4) is 0 Å². The van der Waals surface area contributed by atoms with Gasteiger partial charge in [0.2, 0.25) is 0 Å². The Labute approximate surface area is 216 Å². The molecule has 6 rings (SSSR count). The number of amides is 1. The summed E-state index contributed by atoms with van der Waals surface area (Å²) in [6, 6.07) is 23.1. The Morgan fingerprint density at radius 1 is 0.757 bits per heavy atom. The monoisotopic (exact) mass is 489 g/mol. The summed E-state index contributed by atoms with van der Waals surface area (Å²) in [5.74, 6) is 0.781. The van der Waals surface area contributed by atoms with Crippen molar-refractivity contribution in [3.05, 3.63) is 123 Å². The lowest BCUT2D eigenvalue weighted by molar-refractivity contribution is 0.0224. The van der Waals surface area contributed by atoms with Crippen LogP contribution in [0, 0.1) is 27.7 Å². The lowest BCUT2D eigenvalue weighted by atomic mass is 9.77. The summed E-state index contributed by atoms with van der Waals surface area (Å²) in [4.78, 5) is 28.4. The number of aryl methyl sites for hydroxylation is 4. The van der Waals surface area contributed by atoms with Gasteiger partial charge in [0.25, 0.3) is 5.91 Å². The van der Waals surface area contributed by atoms with Crippen molar-refractivity contribution >= 4 is 17.6 Å². The van der Waals surface area contributed by atoms with Crippen LogP contribution in [0.4, 0.5) is 5.69 Å². The molecule has 0 saturated heterocycles. The van der Waals surface area contributed by atoms with Gasteiger partial charge in [-0.25, -0.2) is 4.79 Å². The molecule has 0 aromatic heterocycles. The maximum Gasteiger partial charge on any atom is 0.340 e. The third-order valence-corrected chi connectivity index (χ3v) is 7.46. The van der Waals surface area contributed by atoms with E-state index < -0.39 is 5.60 Å². The van der Waals surface area contributed by atoms with Crippen LogP contribution >= 0.6 is 0 Å². The van der Waals surface area contributed by atoms with Gasteiger partial charge >= 0.3 is 5.97 Å². The van der Waals surface area contributed by atoms with Gasteiger partial charge in [-0.3, -0.25) is 4.79 Å². The molecule has 184 valence electrons. The third kappa shape index (κ3) is 3.30. The van der Waals surface area contributed by atoms with Gasteiger partial charge in [0.05, 0.1) is 5.56 Å². The minimum Gasteiger partial charge on any atom is -0.456 e. The zero-order valence-electron chi connectivity index (χ0n) is 21.5. The number of esters is 1. The first-order valence-corrected chi connectivity index (χ1v) is 12.3. The van der Waals surface area contributed by atoms with Crippen LogP contribution in [-0.2, 0) is 10.3 Å². The normalized spacial score (nSPS) is 16.9. The molecule has 0 bridgehead atoms. The summed E-state index contributed by atoms with van der Waals surface area (Å²) in [6.07, 6.45) is 0. The molecule has 1 unspecified atom stereocenters. The fourth-order valence-electron chi connectivity index (χ4n) is 5.62. The lowest BCUT2D eigenvalue weighted by Crippen LogP contribution is -2.34. The average molecular weight is 490 g/mol. The largest absolute Gasteiger partial charge is 0.456 e. The molecule has 0 aliphatic carbocycles. The molecule has 4 aromatic rings. The van der Waals surface area contributed by atoms with Crippen molar-refractivity contribution in [2.24, 2.45) is 0 Å². The van der Waals surface area contributed by atoms with Gasteiger partial charge in [0, 0.05) is 35.0 Å². The van der Waals surface area contributed by atoms with E-state index in [0.29, 0.717) is 28.2 Å². The van der Waals surface area contributed by atoms with Gasteiger partial charge in [-0.1, -0.05) is 48.0 Å². The molecular formula is C32H27NO4. The second-order valence-corrected chi connectivity index (χ2v) is 10.0. The molecule has 37 heavy (non-hydrogen) atoms. The van der Waals surface area contributed by atoms with Crippen LogP contribution in [0.1, 0.15) is 59.7 Å². The first-order chi connectivity index (χ1) is 17.7. The Morgan fingerprint density at radius 2 is 1.46 bits per heavy atom. The molecule has 0 radical (unpaired) electrons. The zero-order valence-corrected chi connectivity index (χ0v) is 21.5. The predicted octanol–water partition coefficient (Wildman–Crippen LogP) is 6.76. The first kappa shape index (κ1) is 23.0. The van der Waals surface area contributed by atoms with Crippen LogP contribution in [0.2, 0.25) is 0 Å². The maximum absolute atomic E-state index is 13.6. The van der Waals surface area contributed by atoms with E-state index in [9.17, 15) is 9.59 Å². The van der Waals surface area contributed by atoms with Gasteiger partial charge in [0.15, 0.2) is 5.60 Å². The number of carbonyl (C=O) groups excluding carboxylic acids is 2. The summed E-state index contributed by atoms with van der Waals surface area (Å²) in [7, 11) is 1.78. The van der Waals surface area contributed by atoms with Gasteiger partial charge in [0.1, 0.15) is 11.5 Å². The Bertz CT molecular complexity index is 1640. The van der Waals surface area contributed by atoms with Crippen LogP contribution in [0.5, 0.6) is 11.5 Å². The van der Waals surface area contributed by atoms with Crippen LogP contribution in [-0.4, -0.2) is 18.9 Å². The first-order valence-electron chi connectivity index (χ1n) is 12.3. The summed E-state index contributed by atoms with van der Waals surface area (Å²) in [5, 5.41) is 0. The standard InChI is InChI=1S/C32H27NO4/c1-18-10-12-22(20(3)14-18)30(34)33(5)27-17-26-29(16-21(27)4)36-28-15-19(2)11-13-25(28)32(26)24-9-7-6-8-23(24)31(35)37-32/h6-17H,1-5H3. The number of hydrogen-bond donors (Lipinski definition) is 0. The maximum atomic E-state index is 13.6. The zero-order chi connectivity index (χ0) is 26.1. The Hall–Kier alpha value is -4.38. The average Bonchev–Trinajstić information content (AvgIpc) is 3.16. The number of carbonyl (C=O) groups is 2. The van der Waals surface area contributed by atoms with E-state index in [1.807, 2.05) is 94.4 Å². The van der Waals surface area contributed by atoms with Crippen LogP contribution in [0.25, 0.3) is 0 Å². The molecule has 0 saturated carbocycles. The number of rotatable bonds is 2. The number of fused-ring (bicyclic) bond motifs is 6. The smallest absolute Gasteiger partial charge is 0.340 e. The molecule has 5 heteroatoms. The van der Waals surface area contributed by atoms with Crippen LogP contribution in [0.15, 0.2) is 72.8 Å². The van der Waals surface area contributed by atoms with E-state index in [-0.39, 0.29) is 11.9 Å². The van der Waals surface area contributed by atoms with Gasteiger partial charge < -0.3 is 14.4 Å². The second kappa shape index (κ2) is 8.07. The van der Waals surface area contributed by atoms with Crippen LogP contribution < -0.4 is 9.64 Å². The molecule has 1 atom stereocenters. The van der Waals surface area contributed by atoms with E-state index in [2.05, 4.69) is 0 Å². The number of hydrogen-bond acceptors (Lipinski definition) is 4. The molecule has 1 spiro atoms. The van der Waals surface area contributed by atoms with Crippen molar-refractivity contribution < 1.29 is 19.1 Å². The SMILES string of the molecule is Cc1ccc(C(=O)N(C)c2cc3c(cc2C)Oc2cc(C)ccc2C32OC(=O)c3ccccc32)c(C)c1. The summed E-state index contributed by atoms with van der Waals surface area (Å²) in [6.45, 7) is 7.92. The number of nitrogens with zero attached hydrogens (tertiary/aromatic N) is 1. The number of benzene rings is 4. The Balaban J connectivity index is 1.57. The van der Waals surface area contributed by atoms with E-state index in [4.69, 9.17) is 9.47 Å². The number of anilines is 1. The lowest BCUT2D eigenvalue weighted by Gasteiger charge is -2.37. The molecule has 0 N–H and O–H groups in total. The quantitative estimate of drug-likeness (QED) is 0.292. The molecule has 4 aromatic carbocycles. The number of ether oxygens (including phenoxy) is 2. The highest BCUT2D eigenvalue weighted by Crippen LogP contribution is 2.57. The highest BCUT2D eigenvalue weighted by atomic mass is 16.6.